The van der Waals surface area contributed by atoms with Crippen LogP contribution in [0.5, 0.6) is 0 Å². The van der Waals surface area contributed by atoms with Crippen LogP contribution < -0.4 is 21.2 Å². The Bertz CT molecular complexity index is 578. The Hall–Kier alpha value is -0.830. The second-order valence-corrected chi connectivity index (χ2v) is 9.73. The lowest BCUT2D eigenvalue weighted by Gasteiger charge is -2.22. The number of rotatable bonds is 6. The highest BCUT2D eigenvalue weighted by atomic mass is 127. The second-order valence-electron chi connectivity index (χ2n) is 6.70. The molecule has 1 atom stereocenters. The summed E-state index contributed by atoms with van der Waals surface area (Å²) < 4.78 is 3.01. The Balaban J connectivity index is 2.08. The van der Waals surface area contributed by atoms with Crippen LogP contribution in [-0.2, 0) is 5.41 Å². The number of hydrogen-bond donors (Lipinski definition) is 0. The van der Waals surface area contributed by atoms with Gasteiger partial charge in [0.1, 0.15) is 0 Å². The van der Waals surface area contributed by atoms with Gasteiger partial charge in [-0.3, -0.25) is 0 Å². The van der Waals surface area contributed by atoms with E-state index >= 15 is 0 Å². The van der Waals surface area contributed by atoms with Crippen molar-refractivity contribution in [3.8, 4) is 0 Å². The van der Waals surface area contributed by atoms with Crippen LogP contribution in [0.1, 0.15) is 64.5 Å². The van der Waals surface area contributed by atoms with E-state index in [1.54, 1.807) is 0 Å². The van der Waals surface area contributed by atoms with E-state index in [4.69, 9.17) is 0 Å². The zero-order valence-corrected chi connectivity index (χ0v) is 16.6. The van der Waals surface area contributed by atoms with Gasteiger partial charge in [-0.25, -0.2) is 0 Å². The quantitative estimate of drug-likeness (QED) is 0.646. The summed E-state index contributed by atoms with van der Waals surface area (Å²) in [6.45, 7) is 11.5. The first-order valence-corrected chi connectivity index (χ1v) is 10.5. The third-order valence-corrected chi connectivity index (χ3v) is 7.46. The van der Waals surface area contributed by atoms with Crippen LogP contribution in [0, 0.1) is 7.14 Å². The maximum Gasteiger partial charge on any atom is 0.357 e. The normalized spacial score (nSPS) is 13.1. The molecule has 22 heavy (non-hydrogen) atoms. The molecule has 2 aromatic rings. The molecule has 1 heteroatoms. The third kappa shape index (κ3) is 4.34. The largest absolute Gasteiger partial charge is 0.357 e. The van der Waals surface area contributed by atoms with Crippen molar-refractivity contribution in [1.82, 2.24) is 0 Å². The van der Waals surface area contributed by atoms with Gasteiger partial charge >= 0.3 is 21.2 Å². The van der Waals surface area contributed by atoms with Crippen molar-refractivity contribution >= 4 is 0 Å². The van der Waals surface area contributed by atoms with Crippen molar-refractivity contribution in [2.45, 2.75) is 58.8 Å². The highest BCUT2D eigenvalue weighted by Crippen LogP contribution is 2.25. The zero-order valence-electron chi connectivity index (χ0n) is 14.5. The molecule has 0 saturated heterocycles. The summed E-state index contributed by atoms with van der Waals surface area (Å²) in [5.41, 5.74) is 3.21. The summed E-state index contributed by atoms with van der Waals surface area (Å²) in [6, 6.07) is 18.6. The molecule has 118 valence electrons. The molecule has 0 aliphatic heterocycles. The van der Waals surface area contributed by atoms with Gasteiger partial charge in [-0.15, -0.1) is 0 Å². The third-order valence-electron chi connectivity index (χ3n) is 4.78. The van der Waals surface area contributed by atoms with Gasteiger partial charge in [-0.2, -0.15) is 0 Å². The molecule has 0 saturated carbocycles. The number of benzene rings is 2. The molecule has 0 bridgehead atoms. The van der Waals surface area contributed by atoms with Gasteiger partial charge in [0.15, 0.2) is 7.14 Å². The van der Waals surface area contributed by atoms with Gasteiger partial charge in [0, 0.05) is 0 Å². The molecule has 0 aromatic heterocycles. The lowest BCUT2D eigenvalue weighted by atomic mass is 9.82. The molecule has 0 amide bonds. The summed E-state index contributed by atoms with van der Waals surface area (Å²) in [5.74, 6) is 0.669. The van der Waals surface area contributed by atoms with Crippen molar-refractivity contribution < 1.29 is 21.2 Å². The molecule has 2 aromatic carbocycles. The number of halogens is 1. The topological polar surface area (TPSA) is 0 Å². The molecule has 1 unspecified atom stereocenters. The lowest BCUT2D eigenvalue weighted by Crippen LogP contribution is -3.61. The van der Waals surface area contributed by atoms with Crippen LogP contribution >= 0.6 is 0 Å². The summed E-state index contributed by atoms with van der Waals surface area (Å²) >= 11 is -0.0624. The van der Waals surface area contributed by atoms with Crippen molar-refractivity contribution in [3.05, 3.63) is 66.8 Å². The fraction of sp³-hybridized carbons (Fsp3) is 0.429. The minimum atomic E-state index is -0.0624. The van der Waals surface area contributed by atoms with Crippen LogP contribution in [0.3, 0.4) is 0 Å². The Morgan fingerprint density at radius 1 is 0.864 bits per heavy atom. The summed E-state index contributed by atoms with van der Waals surface area (Å²) in [7, 11) is 0. The molecule has 0 N–H and O–H groups in total. The predicted molar refractivity (Wildman–Crippen MR) is 92.3 cm³/mol. The smallest absolute Gasteiger partial charge is 0.0648 e. The Labute approximate surface area is 146 Å². The minimum Gasteiger partial charge on any atom is -0.0648 e. The van der Waals surface area contributed by atoms with Gasteiger partial charge < -0.3 is 0 Å². The first-order chi connectivity index (χ1) is 10.5. The van der Waals surface area contributed by atoms with Crippen LogP contribution in [0.4, 0.5) is 0 Å². The predicted octanol–water partition coefficient (Wildman–Crippen LogP) is 3.02. The average Bonchev–Trinajstić information content (AvgIpc) is 2.55. The maximum atomic E-state index is 2.34. The Morgan fingerprint density at radius 3 is 1.82 bits per heavy atom. The van der Waals surface area contributed by atoms with Gasteiger partial charge in [0.05, 0.1) is 0 Å². The van der Waals surface area contributed by atoms with E-state index in [0.29, 0.717) is 5.92 Å². The highest BCUT2D eigenvalue weighted by molar-refractivity contribution is 5.23. The first-order valence-electron chi connectivity index (χ1n) is 8.31. The molecule has 0 nitrogen and oxygen atoms in total. The van der Waals surface area contributed by atoms with E-state index in [9.17, 15) is 0 Å². The summed E-state index contributed by atoms with van der Waals surface area (Å²) in [5, 5.41) is 0. The second kappa shape index (κ2) is 7.63. The summed E-state index contributed by atoms with van der Waals surface area (Å²) in [4.78, 5) is 0. The first kappa shape index (κ1) is 17.5. The van der Waals surface area contributed by atoms with Gasteiger partial charge in [0.25, 0.3) is 0 Å². The van der Waals surface area contributed by atoms with Crippen molar-refractivity contribution in [1.29, 1.82) is 0 Å². The SMILES string of the molecule is CCC(C)c1ccc([I+]c2ccc(C(C)(C)CC)cc2)cc1. The minimum absolute atomic E-state index is 0.0624. The standard InChI is InChI=1S/C21H28I/c1-6-16(3)17-8-12-19(13-9-17)22-20-14-10-18(11-15-20)21(4,5)7-2/h8-16H,6-7H2,1-5H3/q+1. The monoisotopic (exact) mass is 407 g/mol. The van der Waals surface area contributed by atoms with Gasteiger partial charge in [0.2, 0.25) is 0 Å². The molecule has 0 aliphatic rings. The van der Waals surface area contributed by atoms with E-state index in [0.717, 1.165) is 0 Å². The zero-order chi connectivity index (χ0) is 16.2. The molecule has 0 spiro atoms. The molecule has 0 heterocycles. The number of hydrogen-bond acceptors (Lipinski definition) is 0. The van der Waals surface area contributed by atoms with E-state index in [1.165, 1.54) is 31.1 Å². The van der Waals surface area contributed by atoms with Crippen LogP contribution in [0.25, 0.3) is 0 Å². The Kier molecular flexibility index (Phi) is 6.08. The molecule has 0 fully saturated rings. The van der Waals surface area contributed by atoms with E-state index < -0.39 is 0 Å². The fourth-order valence-corrected chi connectivity index (χ4v) is 4.54. The molecular weight excluding hydrogens is 379 g/mol. The molecular formula is C21H28I+. The van der Waals surface area contributed by atoms with Crippen molar-refractivity contribution in [2.24, 2.45) is 0 Å². The Morgan fingerprint density at radius 2 is 1.36 bits per heavy atom. The lowest BCUT2D eigenvalue weighted by molar-refractivity contribution is -0.597. The maximum absolute atomic E-state index is 2.34. The van der Waals surface area contributed by atoms with E-state index in [-0.39, 0.29) is 26.6 Å². The molecule has 0 radical (unpaired) electrons. The average molecular weight is 407 g/mol. The highest BCUT2D eigenvalue weighted by Gasteiger charge is 2.20. The van der Waals surface area contributed by atoms with Crippen LogP contribution in [0.2, 0.25) is 0 Å². The molecule has 0 aliphatic carbocycles. The van der Waals surface area contributed by atoms with Gasteiger partial charge in [-0.1, -0.05) is 58.9 Å². The van der Waals surface area contributed by atoms with Crippen LogP contribution in [-0.4, -0.2) is 0 Å². The van der Waals surface area contributed by atoms with Crippen LogP contribution in [0.15, 0.2) is 48.5 Å². The van der Waals surface area contributed by atoms with E-state index in [2.05, 4.69) is 83.1 Å². The van der Waals surface area contributed by atoms with Crippen molar-refractivity contribution in [3.63, 3.8) is 0 Å². The summed E-state index contributed by atoms with van der Waals surface area (Å²) in [6.07, 6.45) is 2.39. The van der Waals surface area contributed by atoms with Gasteiger partial charge in [-0.05, 0) is 59.6 Å². The molecule has 2 rings (SSSR count). The van der Waals surface area contributed by atoms with Crippen molar-refractivity contribution in [2.75, 3.05) is 0 Å². The van der Waals surface area contributed by atoms with E-state index in [1.807, 2.05) is 0 Å². The fourth-order valence-electron chi connectivity index (χ4n) is 2.38.